The zero-order valence-electron chi connectivity index (χ0n) is 27.0. The van der Waals surface area contributed by atoms with Crippen molar-refractivity contribution in [2.24, 2.45) is 23.7 Å². The molecular formula is C34H53NO8. The Kier molecular flexibility index (Phi) is 12.7. The number of hydrogen-bond donors (Lipinski definition) is 1. The van der Waals surface area contributed by atoms with E-state index in [1.807, 2.05) is 13.8 Å². The summed E-state index contributed by atoms with van der Waals surface area (Å²) in [7, 11) is 1.58. The molecule has 2 bridgehead atoms. The number of carbonyl (C=O) groups is 4. The third kappa shape index (κ3) is 8.64. The number of ether oxygens (including phenoxy) is 3. The van der Waals surface area contributed by atoms with Gasteiger partial charge in [0.15, 0.2) is 0 Å². The van der Waals surface area contributed by atoms with E-state index in [0.29, 0.717) is 51.4 Å². The number of cyclic esters (lactones) is 1. The first-order chi connectivity index (χ1) is 20.3. The normalized spacial score (nSPS) is 39.1. The Labute approximate surface area is 257 Å². The lowest BCUT2D eigenvalue weighted by Crippen LogP contribution is -2.62. The van der Waals surface area contributed by atoms with Gasteiger partial charge in [0.25, 0.3) is 11.7 Å². The Morgan fingerprint density at radius 3 is 2.49 bits per heavy atom. The average molecular weight is 604 g/mol. The second-order valence-electron chi connectivity index (χ2n) is 13.3. The van der Waals surface area contributed by atoms with Crippen LogP contribution in [0.1, 0.15) is 98.8 Å². The van der Waals surface area contributed by atoms with Crippen LogP contribution in [0, 0.1) is 23.7 Å². The molecule has 3 heterocycles. The molecule has 3 rings (SSSR count). The molecule has 3 aliphatic rings. The number of piperidine rings is 1. The van der Waals surface area contributed by atoms with Crippen molar-refractivity contribution < 1.29 is 38.5 Å². The van der Waals surface area contributed by atoms with Gasteiger partial charge in [0.05, 0.1) is 12.2 Å². The number of amides is 1. The van der Waals surface area contributed by atoms with E-state index in [1.54, 1.807) is 27.0 Å². The SMILES string of the molecule is C=CC[C@@H]1/C=C(\C)C[C@H](C)CC[C@H]2O[C@@](O)(C(=O)C(=O)N3CCCC[C@H]3C(=O)O[C@H](C)[C@H](C)CCC1=O)[C@H](C)C[C@@H]2OC. The minimum absolute atomic E-state index is 0.0891. The first-order valence-electron chi connectivity index (χ1n) is 16.1. The molecule has 2 saturated heterocycles. The quantitative estimate of drug-likeness (QED) is 0.274. The Morgan fingerprint density at radius 2 is 1.81 bits per heavy atom. The van der Waals surface area contributed by atoms with E-state index in [9.17, 15) is 24.3 Å². The number of Topliss-reactive ketones (excluding diaryl/α,β-unsaturated/α-hetero) is 2. The van der Waals surface area contributed by atoms with Crippen LogP contribution in [0.15, 0.2) is 24.3 Å². The summed E-state index contributed by atoms with van der Waals surface area (Å²) in [4.78, 5) is 55.2. The summed E-state index contributed by atoms with van der Waals surface area (Å²) in [5.41, 5.74) is 1.12. The second kappa shape index (κ2) is 15.6. The molecule has 0 radical (unpaired) electrons. The van der Waals surface area contributed by atoms with E-state index in [4.69, 9.17) is 14.2 Å². The number of methoxy groups -OCH3 is 1. The smallest absolute Gasteiger partial charge is 0.329 e. The van der Waals surface area contributed by atoms with Crippen molar-refractivity contribution >= 4 is 23.4 Å². The van der Waals surface area contributed by atoms with E-state index in [0.717, 1.165) is 18.4 Å². The zero-order valence-corrected chi connectivity index (χ0v) is 27.0. The molecule has 9 heteroatoms. The van der Waals surface area contributed by atoms with Crippen molar-refractivity contribution in [2.75, 3.05) is 13.7 Å². The highest BCUT2D eigenvalue weighted by molar-refractivity contribution is 6.39. The van der Waals surface area contributed by atoms with Gasteiger partial charge in [-0.1, -0.05) is 38.5 Å². The van der Waals surface area contributed by atoms with Gasteiger partial charge in [0, 0.05) is 31.9 Å². The molecule has 9 nitrogen and oxygen atoms in total. The number of hydrogen-bond acceptors (Lipinski definition) is 8. The summed E-state index contributed by atoms with van der Waals surface area (Å²) < 4.78 is 17.6. The number of allylic oxidation sites excluding steroid dienone is 3. The van der Waals surface area contributed by atoms with Crippen molar-refractivity contribution in [3.63, 3.8) is 0 Å². The van der Waals surface area contributed by atoms with Crippen molar-refractivity contribution in [2.45, 2.75) is 129 Å². The predicted molar refractivity (Wildman–Crippen MR) is 163 cm³/mol. The van der Waals surface area contributed by atoms with Crippen molar-refractivity contribution in [3.05, 3.63) is 24.3 Å². The molecule has 3 aliphatic heterocycles. The van der Waals surface area contributed by atoms with E-state index in [-0.39, 0.29) is 36.2 Å². The van der Waals surface area contributed by atoms with Crippen LogP contribution in [-0.4, -0.2) is 77.2 Å². The molecule has 2 fully saturated rings. The molecule has 43 heavy (non-hydrogen) atoms. The van der Waals surface area contributed by atoms with Crippen LogP contribution in [0.4, 0.5) is 0 Å². The van der Waals surface area contributed by atoms with E-state index < -0.39 is 47.6 Å². The summed E-state index contributed by atoms with van der Waals surface area (Å²) in [5, 5.41) is 11.6. The van der Waals surface area contributed by atoms with Crippen LogP contribution in [0.5, 0.6) is 0 Å². The van der Waals surface area contributed by atoms with Gasteiger partial charge in [0.2, 0.25) is 5.79 Å². The molecule has 0 spiro atoms. The number of fused-ring (bicyclic) bond motifs is 3. The standard InChI is InChI=1S/C34H53NO8/c1-8-11-26-19-22(3)18-21(2)13-16-29-30(41-7)20-24(5)34(40,43-29)31(37)32(38)35-17-10-9-12-27(35)33(39)42-25(6)23(4)14-15-28(26)36/h8,19,21,23-27,29-30,40H,1,9-18,20H2,2-7H3/b22-19+/t21-,23-,24-,25-,26-,27+,29-,30+,34-/m1/s1. The third-order valence-electron chi connectivity index (χ3n) is 9.74. The van der Waals surface area contributed by atoms with Crippen LogP contribution >= 0.6 is 0 Å². The molecule has 0 saturated carbocycles. The molecular weight excluding hydrogens is 550 g/mol. The Morgan fingerprint density at radius 1 is 1.09 bits per heavy atom. The van der Waals surface area contributed by atoms with Gasteiger partial charge in [-0.3, -0.25) is 14.4 Å². The van der Waals surface area contributed by atoms with Gasteiger partial charge in [-0.2, -0.15) is 0 Å². The minimum Gasteiger partial charge on any atom is -0.461 e. The highest BCUT2D eigenvalue weighted by Crippen LogP contribution is 2.38. The van der Waals surface area contributed by atoms with Crippen LogP contribution in [0.25, 0.3) is 0 Å². The Bertz CT molecular complexity index is 1050. The van der Waals surface area contributed by atoms with Gasteiger partial charge in [-0.15, -0.1) is 6.58 Å². The molecule has 0 unspecified atom stereocenters. The molecule has 0 aromatic carbocycles. The largest absolute Gasteiger partial charge is 0.461 e. The summed E-state index contributed by atoms with van der Waals surface area (Å²) in [6.07, 6.45) is 7.96. The maximum Gasteiger partial charge on any atom is 0.329 e. The molecule has 1 amide bonds. The van der Waals surface area contributed by atoms with Gasteiger partial charge in [0.1, 0.15) is 17.9 Å². The van der Waals surface area contributed by atoms with Crippen molar-refractivity contribution in [3.8, 4) is 0 Å². The summed E-state index contributed by atoms with van der Waals surface area (Å²) in [6.45, 7) is 13.6. The summed E-state index contributed by atoms with van der Waals surface area (Å²) >= 11 is 0. The molecule has 9 atom stereocenters. The molecule has 0 aliphatic carbocycles. The van der Waals surface area contributed by atoms with Gasteiger partial charge >= 0.3 is 5.97 Å². The van der Waals surface area contributed by atoms with Gasteiger partial charge < -0.3 is 24.2 Å². The topological polar surface area (TPSA) is 119 Å². The van der Waals surface area contributed by atoms with E-state index in [1.165, 1.54) is 4.90 Å². The molecule has 242 valence electrons. The lowest BCUT2D eigenvalue weighted by atomic mass is 9.83. The van der Waals surface area contributed by atoms with Crippen LogP contribution in [-0.2, 0) is 33.4 Å². The Hall–Kier alpha value is -2.36. The number of carbonyl (C=O) groups excluding carboxylic acids is 4. The number of aliphatic hydroxyl groups is 1. The zero-order chi connectivity index (χ0) is 31.9. The average Bonchev–Trinajstić information content (AvgIpc) is 2.98. The van der Waals surface area contributed by atoms with Crippen LogP contribution in [0.3, 0.4) is 0 Å². The highest BCUT2D eigenvalue weighted by Gasteiger charge is 2.55. The minimum atomic E-state index is -2.32. The summed E-state index contributed by atoms with van der Waals surface area (Å²) in [5.74, 6) is -5.52. The lowest BCUT2D eigenvalue weighted by molar-refractivity contribution is -0.287. The van der Waals surface area contributed by atoms with E-state index in [2.05, 4.69) is 19.6 Å². The molecule has 0 aromatic rings. The maximum absolute atomic E-state index is 13.7. The first kappa shape index (κ1) is 35.1. The number of esters is 1. The number of ketones is 2. The molecule has 0 aromatic heterocycles. The van der Waals surface area contributed by atoms with Crippen molar-refractivity contribution in [1.29, 1.82) is 0 Å². The molecule has 1 N–H and O–H groups in total. The number of rotatable bonds is 3. The highest BCUT2D eigenvalue weighted by atomic mass is 16.7. The number of nitrogens with zero attached hydrogens (tertiary/aromatic N) is 1. The fraction of sp³-hybridized carbons (Fsp3) is 0.765. The fourth-order valence-electron chi connectivity index (χ4n) is 6.71. The summed E-state index contributed by atoms with van der Waals surface area (Å²) in [6, 6.07) is -0.924. The Balaban J connectivity index is 1.94. The lowest BCUT2D eigenvalue weighted by Gasteiger charge is -2.45. The van der Waals surface area contributed by atoms with Gasteiger partial charge in [-0.05, 0) is 83.5 Å². The fourth-order valence-corrected chi connectivity index (χ4v) is 6.71. The van der Waals surface area contributed by atoms with Crippen LogP contribution < -0.4 is 0 Å². The monoisotopic (exact) mass is 603 g/mol. The van der Waals surface area contributed by atoms with Crippen molar-refractivity contribution in [1.82, 2.24) is 4.90 Å². The van der Waals surface area contributed by atoms with E-state index >= 15 is 0 Å². The first-order valence-corrected chi connectivity index (χ1v) is 16.1. The third-order valence-corrected chi connectivity index (χ3v) is 9.74. The van der Waals surface area contributed by atoms with Gasteiger partial charge in [-0.25, -0.2) is 4.79 Å². The maximum atomic E-state index is 13.7. The second-order valence-corrected chi connectivity index (χ2v) is 13.3. The van der Waals surface area contributed by atoms with Crippen LogP contribution in [0.2, 0.25) is 0 Å². The predicted octanol–water partition coefficient (Wildman–Crippen LogP) is 4.94.